The quantitative estimate of drug-likeness (QED) is 0.674. The summed E-state index contributed by atoms with van der Waals surface area (Å²) in [7, 11) is 1.68. The van der Waals surface area contributed by atoms with E-state index in [1.165, 1.54) is 0 Å². The highest BCUT2D eigenvalue weighted by atomic mass is 16.5. The molecule has 1 atom stereocenters. The van der Waals surface area contributed by atoms with Crippen molar-refractivity contribution < 1.29 is 4.74 Å². The molecular weight excluding hydrogens is 328 g/mol. The third-order valence-electron chi connectivity index (χ3n) is 4.97. The number of aromatic nitrogens is 4. The van der Waals surface area contributed by atoms with E-state index in [9.17, 15) is 0 Å². The molecule has 0 unspecified atom stereocenters. The molecule has 1 aliphatic heterocycles. The van der Waals surface area contributed by atoms with Crippen LogP contribution in [0.4, 0.5) is 0 Å². The Balaban J connectivity index is 1.70. The van der Waals surface area contributed by atoms with E-state index in [4.69, 9.17) is 4.74 Å². The van der Waals surface area contributed by atoms with Crippen molar-refractivity contribution in [1.29, 1.82) is 0 Å². The topological polar surface area (TPSA) is 59.3 Å². The summed E-state index contributed by atoms with van der Waals surface area (Å²) in [6.45, 7) is 11.8. The molecule has 2 heterocycles. The predicted octanol–water partition coefficient (Wildman–Crippen LogP) is 1.98. The van der Waals surface area contributed by atoms with Gasteiger partial charge in [0.05, 0.1) is 19.7 Å². The SMILES string of the molecule is C=CCN1CCN([C@@H](CC)c2nnnn2Cc2ccc(OC)cc2)CC1. The van der Waals surface area contributed by atoms with Crippen molar-refractivity contribution in [3.8, 4) is 5.75 Å². The van der Waals surface area contributed by atoms with E-state index in [0.29, 0.717) is 6.54 Å². The van der Waals surface area contributed by atoms with Gasteiger partial charge in [0.2, 0.25) is 0 Å². The van der Waals surface area contributed by atoms with E-state index >= 15 is 0 Å². The lowest BCUT2D eigenvalue weighted by Crippen LogP contribution is -2.47. The minimum atomic E-state index is 0.245. The predicted molar refractivity (Wildman–Crippen MR) is 101 cm³/mol. The van der Waals surface area contributed by atoms with Gasteiger partial charge in [0.15, 0.2) is 5.82 Å². The Bertz CT molecular complexity index is 690. The monoisotopic (exact) mass is 356 g/mol. The average Bonchev–Trinajstić information content (AvgIpc) is 3.12. The average molecular weight is 356 g/mol. The van der Waals surface area contributed by atoms with Crippen molar-refractivity contribution in [1.82, 2.24) is 30.0 Å². The van der Waals surface area contributed by atoms with Crippen LogP contribution in [0, 0.1) is 0 Å². The summed E-state index contributed by atoms with van der Waals surface area (Å²) in [6, 6.07) is 8.29. The minimum absolute atomic E-state index is 0.245. The van der Waals surface area contributed by atoms with E-state index in [1.54, 1.807) is 7.11 Å². The molecule has 7 nitrogen and oxygen atoms in total. The smallest absolute Gasteiger partial charge is 0.168 e. The van der Waals surface area contributed by atoms with E-state index in [2.05, 4.69) is 51.0 Å². The Hall–Kier alpha value is -2.25. The standard InChI is InChI=1S/C19H28N6O/c1-4-10-23-11-13-24(14-12-23)18(5-2)19-20-21-22-25(19)15-16-6-8-17(26-3)9-7-16/h4,6-9,18H,1,5,10-15H2,2-3H3/t18-/m0/s1. The van der Waals surface area contributed by atoms with Gasteiger partial charge in [0.25, 0.3) is 0 Å². The Morgan fingerprint density at radius 3 is 2.54 bits per heavy atom. The zero-order valence-corrected chi connectivity index (χ0v) is 15.7. The van der Waals surface area contributed by atoms with Crippen molar-refractivity contribution in [3.05, 3.63) is 48.3 Å². The molecule has 0 bridgehead atoms. The highest BCUT2D eigenvalue weighted by Crippen LogP contribution is 2.24. The molecule has 2 aromatic rings. The van der Waals surface area contributed by atoms with Crippen molar-refractivity contribution in [3.63, 3.8) is 0 Å². The molecule has 1 aromatic carbocycles. The Morgan fingerprint density at radius 2 is 1.92 bits per heavy atom. The Morgan fingerprint density at radius 1 is 1.19 bits per heavy atom. The summed E-state index contributed by atoms with van der Waals surface area (Å²) in [5.41, 5.74) is 1.16. The fourth-order valence-corrected chi connectivity index (χ4v) is 3.51. The third-order valence-corrected chi connectivity index (χ3v) is 4.97. The van der Waals surface area contributed by atoms with Crippen LogP contribution in [0.5, 0.6) is 5.75 Å². The Kier molecular flexibility index (Phi) is 6.35. The normalized spacial score (nSPS) is 17.2. The molecule has 0 amide bonds. The van der Waals surface area contributed by atoms with Crippen LogP contribution < -0.4 is 4.74 Å². The first kappa shape index (κ1) is 18.5. The second-order valence-electron chi connectivity index (χ2n) is 6.59. The maximum atomic E-state index is 5.23. The second kappa shape index (κ2) is 8.91. The highest BCUT2D eigenvalue weighted by molar-refractivity contribution is 5.27. The first-order chi connectivity index (χ1) is 12.7. The molecule has 1 fully saturated rings. The summed E-state index contributed by atoms with van der Waals surface area (Å²) in [4.78, 5) is 4.92. The van der Waals surface area contributed by atoms with Crippen LogP contribution >= 0.6 is 0 Å². The maximum absolute atomic E-state index is 5.23. The van der Waals surface area contributed by atoms with Gasteiger partial charge in [-0.05, 0) is 34.5 Å². The van der Waals surface area contributed by atoms with Crippen LogP contribution in [0.15, 0.2) is 36.9 Å². The minimum Gasteiger partial charge on any atom is -0.497 e. The van der Waals surface area contributed by atoms with Crippen LogP contribution in [0.25, 0.3) is 0 Å². The molecule has 1 aromatic heterocycles. The van der Waals surface area contributed by atoms with Gasteiger partial charge in [-0.2, -0.15) is 0 Å². The molecule has 0 spiro atoms. The van der Waals surface area contributed by atoms with Crippen LogP contribution in [0.3, 0.4) is 0 Å². The van der Waals surface area contributed by atoms with Gasteiger partial charge in [0, 0.05) is 32.7 Å². The number of nitrogens with zero attached hydrogens (tertiary/aromatic N) is 6. The van der Waals surface area contributed by atoms with Crippen LogP contribution in [0.2, 0.25) is 0 Å². The molecule has 1 saturated heterocycles. The van der Waals surface area contributed by atoms with Crippen molar-refractivity contribution in [2.75, 3.05) is 39.8 Å². The fraction of sp³-hybridized carbons (Fsp3) is 0.526. The van der Waals surface area contributed by atoms with E-state index in [0.717, 1.165) is 56.3 Å². The zero-order valence-electron chi connectivity index (χ0n) is 15.7. The third kappa shape index (κ3) is 4.28. The molecular formula is C19H28N6O. The van der Waals surface area contributed by atoms with Gasteiger partial charge >= 0.3 is 0 Å². The molecule has 0 radical (unpaired) electrons. The molecule has 140 valence electrons. The van der Waals surface area contributed by atoms with E-state index in [-0.39, 0.29) is 6.04 Å². The first-order valence-electron chi connectivity index (χ1n) is 9.21. The number of methoxy groups -OCH3 is 1. The molecule has 0 N–H and O–H groups in total. The largest absolute Gasteiger partial charge is 0.497 e. The van der Waals surface area contributed by atoms with Crippen LogP contribution in [-0.4, -0.2) is 69.8 Å². The van der Waals surface area contributed by atoms with E-state index in [1.807, 2.05) is 22.9 Å². The number of tetrazole rings is 1. The lowest BCUT2D eigenvalue weighted by Gasteiger charge is -2.38. The second-order valence-corrected chi connectivity index (χ2v) is 6.59. The summed E-state index contributed by atoms with van der Waals surface area (Å²) in [5, 5.41) is 12.5. The fourth-order valence-electron chi connectivity index (χ4n) is 3.51. The number of piperazine rings is 1. The van der Waals surface area contributed by atoms with Gasteiger partial charge in [0.1, 0.15) is 5.75 Å². The summed E-state index contributed by atoms with van der Waals surface area (Å²) >= 11 is 0. The van der Waals surface area contributed by atoms with Crippen molar-refractivity contribution >= 4 is 0 Å². The van der Waals surface area contributed by atoms with Gasteiger partial charge in [-0.1, -0.05) is 25.1 Å². The van der Waals surface area contributed by atoms with Crippen LogP contribution in [-0.2, 0) is 6.54 Å². The molecule has 0 aliphatic carbocycles. The zero-order chi connectivity index (χ0) is 18.4. The number of ether oxygens (including phenoxy) is 1. The van der Waals surface area contributed by atoms with Crippen molar-refractivity contribution in [2.45, 2.75) is 25.9 Å². The number of hydrogen-bond acceptors (Lipinski definition) is 6. The summed E-state index contributed by atoms with van der Waals surface area (Å²) < 4.78 is 7.15. The summed E-state index contributed by atoms with van der Waals surface area (Å²) in [6.07, 6.45) is 2.97. The number of rotatable bonds is 8. The van der Waals surface area contributed by atoms with Gasteiger partial charge in [-0.25, -0.2) is 4.68 Å². The van der Waals surface area contributed by atoms with Crippen molar-refractivity contribution in [2.24, 2.45) is 0 Å². The molecule has 26 heavy (non-hydrogen) atoms. The van der Waals surface area contributed by atoms with Gasteiger partial charge < -0.3 is 4.74 Å². The van der Waals surface area contributed by atoms with Gasteiger partial charge in [-0.15, -0.1) is 11.7 Å². The highest BCUT2D eigenvalue weighted by Gasteiger charge is 2.27. The number of benzene rings is 1. The molecule has 0 saturated carbocycles. The Labute approximate surface area is 155 Å². The number of hydrogen-bond donors (Lipinski definition) is 0. The lowest BCUT2D eigenvalue weighted by molar-refractivity contribution is 0.0949. The van der Waals surface area contributed by atoms with Crippen LogP contribution in [0.1, 0.15) is 30.8 Å². The molecule has 7 heteroatoms. The first-order valence-corrected chi connectivity index (χ1v) is 9.21. The summed E-state index contributed by atoms with van der Waals surface area (Å²) in [5.74, 6) is 1.80. The molecule has 3 rings (SSSR count). The lowest BCUT2D eigenvalue weighted by atomic mass is 10.1. The molecule has 1 aliphatic rings. The maximum Gasteiger partial charge on any atom is 0.168 e. The van der Waals surface area contributed by atoms with E-state index < -0.39 is 0 Å². The van der Waals surface area contributed by atoms with Gasteiger partial charge in [-0.3, -0.25) is 9.80 Å².